The molecule has 1 atom stereocenters. The predicted molar refractivity (Wildman–Crippen MR) is 77.4 cm³/mol. The van der Waals surface area contributed by atoms with Crippen LogP contribution in [-0.4, -0.2) is 41.6 Å². The summed E-state index contributed by atoms with van der Waals surface area (Å²) >= 11 is 0. The number of hydrogen-bond acceptors (Lipinski definition) is 4. The topological polar surface area (TPSA) is 45.3 Å². The number of rotatable bonds is 12. The van der Waals surface area contributed by atoms with Gasteiger partial charge in [-0.15, -0.1) is 0 Å². The summed E-state index contributed by atoms with van der Waals surface area (Å²) in [5.74, 6) is 0. The van der Waals surface area contributed by atoms with E-state index in [1.807, 2.05) is 0 Å². The van der Waals surface area contributed by atoms with Crippen LogP contribution in [0.15, 0.2) is 0 Å². The molecule has 0 spiro atoms. The zero-order chi connectivity index (χ0) is 12.9. The molecule has 104 valence electrons. The molecule has 0 aliphatic carbocycles. The highest BCUT2D eigenvalue weighted by Crippen LogP contribution is 1.87. The summed E-state index contributed by atoms with van der Waals surface area (Å²) in [6, 6.07) is 0.589. The van der Waals surface area contributed by atoms with E-state index in [-0.39, 0.29) is 0 Å². The van der Waals surface area contributed by atoms with Gasteiger partial charge in [0, 0.05) is 19.2 Å². The van der Waals surface area contributed by atoms with Gasteiger partial charge in [0.15, 0.2) is 0 Å². The average molecular weight is 261 g/mol. The minimum atomic E-state index is -1.38. The number of hydrogen-bond donors (Lipinski definition) is 3. The van der Waals surface area contributed by atoms with Gasteiger partial charge in [-0.05, 0) is 39.3 Å². The van der Waals surface area contributed by atoms with Crippen LogP contribution in [-0.2, 0) is 4.43 Å². The van der Waals surface area contributed by atoms with E-state index in [0.29, 0.717) is 6.04 Å². The molecular formula is C12H31N3OSi. The van der Waals surface area contributed by atoms with Crippen LogP contribution in [0.2, 0.25) is 0 Å². The van der Waals surface area contributed by atoms with Crippen molar-refractivity contribution in [3.63, 3.8) is 0 Å². The Kier molecular flexibility index (Phi) is 12.6. The first-order chi connectivity index (χ1) is 8.24. The lowest BCUT2D eigenvalue weighted by Gasteiger charge is -2.19. The molecule has 0 rings (SSSR count). The Labute approximate surface area is 109 Å². The standard InChI is InChI=1S/C12H31N3OSi/c1-5-8-14-17(15-9-6-2)16-11-10-13-12(4)7-3/h12-15,17H,5-11H2,1-4H3. The lowest BCUT2D eigenvalue weighted by Crippen LogP contribution is -2.51. The van der Waals surface area contributed by atoms with Crippen LogP contribution < -0.4 is 15.3 Å². The molecule has 0 fully saturated rings. The van der Waals surface area contributed by atoms with Crippen molar-refractivity contribution in [1.29, 1.82) is 0 Å². The first-order valence-corrected chi connectivity index (χ1v) is 8.68. The molecule has 0 aliphatic heterocycles. The zero-order valence-electron chi connectivity index (χ0n) is 12.0. The van der Waals surface area contributed by atoms with Gasteiger partial charge in [-0.3, -0.25) is 0 Å². The normalized spacial score (nSPS) is 13.2. The third-order valence-corrected chi connectivity index (χ3v) is 4.54. The number of nitrogens with one attached hydrogen (secondary N) is 3. The predicted octanol–water partition coefficient (Wildman–Crippen LogP) is 1.11. The van der Waals surface area contributed by atoms with Crippen LogP contribution in [0, 0.1) is 0 Å². The molecule has 0 saturated carbocycles. The molecule has 0 amide bonds. The second-order valence-electron chi connectivity index (χ2n) is 4.42. The van der Waals surface area contributed by atoms with E-state index in [2.05, 4.69) is 43.0 Å². The Balaban J connectivity index is 3.59. The minimum Gasteiger partial charge on any atom is -0.393 e. The van der Waals surface area contributed by atoms with Crippen molar-refractivity contribution in [3.05, 3.63) is 0 Å². The van der Waals surface area contributed by atoms with E-state index < -0.39 is 9.36 Å². The summed E-state index contributed by atoms with van der Waals surface area (Å²) in [5.41, 5.74) is 0. The van der Waals surface area contributed by atoms with E-state index >= 15 is 0 Å². The highest BCUT2D eigenvalue weighted by atomic mass is 28.3. The summed E-state index contributed by atoms with van der Waals surface area (Å²) in [6.07, 6.45) is 3.49. The summed E-state index contributed by atoms with van der Waals surface area (Å²) < 4.78 is 5.90. The van der Waals surface area contributed by atoms with Gasteiger partial charge in [0.1, 0.15) is 0 Å². The van der Waals surface area contributed by atoms with Crippen LogP contribution in [0.1, 0.15) is 47.0 Å². The summed E-state index contributed by atoms with van der Waals surface area (Å²) in [6.45, 7) is 12.6. The highest BCUT2D eigenvalue weighted by Gasteiger charge is 2.09. The Morgan fingerprint density at radius 1 is 1.00 bits per heavy atom. The molecule has 0 heterocycles. The fourth-order valence-corrected chi connectivity index (χ4v) is 3.20. The highest BCUT2D eigenvalue weighted by molar-refractivity contribution is 6.45. The maximum Gasteiger partial charge on any atom is 0.335 e. The molecule has 17 heavy (non-hydrogen) atoms. The lowest BCUT2D eigenvalue weighted by molar-refractivity contribution is 0.292. The largest absolute Gasteiger partial charge is 0.393 e. The van der Waals surface area contributed by atoms with Gasteiger partial charge in [-0.1, -0.05) is 20.8 Å². The van der Waals surface area contributed by atoms with Gasteiger partial charge >= 0.3 is 9.36 Å². The van der Waals surface area contributed by atoms with Crippen molar-refractivity contribution in [2.75, 3.05) is 26.2 Å². The van der Waals surface area contributed by atoms with Crippen LogP contribution in [0.4, 0.5) is 0 Å². The summed E-state index contributed by atoms with van der Waals surface area (Å²) in [7, 11) is -1.38. The fourth-order valence-electron chi connectivity index (χ4n) is 1.37. The monoisotopic (exact) mass is 261 g/mol. The zero-order valence-corrected chi connectivity index (χ0v) is 13.2. The van der Waals surface area contributed by atoms with E-state index in [4.69, 9.17) is 4.43 Å². The van der Waals surface area contributed by atoms with Gasteiger partial charge in [0.2, 0.25) is 0 Å². The SMILES string of the molecule is CCCN[SiH](NCCC)OCCNC(C)CC. The van der Waals surface area contributed by atoms with Crippen molar-refractivity contribution in [2.24, 2.45) is 0 Å². The van der Waals surface area contributed by atoms with E-state index in [1.54, 1.807) is 0 Å². The van der Waals surface area contributed by atoms with Gasteiger partial charge in [0.25, 0.3) is 0 Å². The molecule has 0 bridgehead atoms. The maximum absolute atomic E-state index is 5.90. The van der Waals surface area contributed by atoms with Gasteiger partial charge in [-0.2, -0.15) is 0 Å². The Morgan fingerprint density at radius 3 is 2.06 bits per heavy atom. The van der Waals surface area contributed by atoms with Crippen LogP contribution in [0.5, 0.6) is 0 Å². The van der Waals surface area contributed by atoms with Crippen molar-refractivity contribution >= 4 is 9.36 Å². The smallest absolute Gasteiger partial charge is 0.335 e. The molecular weight excluding hydrogens is 230 g/mol. The first-order valence-electron chi connectivity index (χ1n) is 7.06. The second-order valence-corrected chi connectivity index (χ2v) is 6.33. The van der Waals surface area contributed by atoms with Crippen molar-refractivity contribution < 1.29 is 4.43 Å². The second kappa shape index (κ2) is 12.5. The molecule has 3 N–H and O–H groups in total. The molecule has 0 aromatic rings. The van der Waals surface area contributed by atoms with E-state index in [0.717, 1.165) is 39.1 Å². The first kappa shape index (κ1) is 17.1. The molecule has 0 aromatic heterocycles. The molecule has 5 heteroatoms. The van der Waals surface area contributed by atoms with Gasteiger partial charge < -0.3 is 19.7 Å². The summed E-state index contributed by atoms with van der Waals surface area (Å²) in [5, 5.41) is 3.44. The Hall–Kier alpha value is 0.0569. The van der Waals surface area contributed by atoms with Crippen LogP contribution >= 0.6 is 0 Å². The summed E-state index contributed by atoms with van der Waals surface area (Å²) in [4.78, 5) is 6.97. The third kappa shape index (κ3) is 10.9. The quantitative estimate of drug-likeness (QED) is 0.364. The third-order valence-electron chi connectivity index (χ3n) is 2.65. The van der Waals surface area contributed by atoms with Crippen molar-refractivity contribution in [2.45, 2.75) is 53.0 Å². The van der Waals surface area contributed by atoms with E-state index in [1.165, 1.54) is 6.42 Å². The molecule has 0 radical (unpaired) electrons. The fraction of sp³-hybridized carbons (Fsp3) is 1.00. The molecule has 0 aliphatic rings. The Bertz CT molecular complexity index is 153. The van der Waals surface area contributed by atoms with Gasteiger partial charge in [0.05, 0.1) is 0 Å². The maximum atomic E-state index is 5.90. The van der Waals surface area contributed by atoms with Crippen molar-refractivity contribution in [3.8, 4) is 0 Å². The lowest BCUT2D eigenvalue weighted by atomic mass is 10.3. The Morgan fingerprint density at radius 2 is 1.59 bits per heavy atom. The molecule has 1 unspecified atom stereocenters. The van der Waals surface area contributed by atoms with Crippen molar-refractivity contribution in [1.82, 2.24) is 15.3 Å². The van der Waals surface area contributed by atoms with Crippen LogP contribution in [0.3, 0.4) is 0 Å². The molecule has 0 saturated heterocycles. The van der Waals surface area contributed by atoms with Gasteiger partial charge in [-0.25, -0.2) is 0 Å². The van der Waals surface area contributed by atoms with E-state index in [9.17, 15) is 0 Å². The van der Waals surface area contributed by atoms with Crippen LogP contribution in [0.25, 0.3) is 0 Å². The molecule has 0 aromatic carbocycles. The average Bonchev–Trinajstić information content (AvgIpc) is 2.36. The minimum absolute atomic E-state index is 0.589. The molecule has 4 nitrogen and oxygen atoms in total.